The van der Waals surface area contributed by atoms with Crippen LogP contribution >= 0.6 is 0 Å². The Bertz CT molecular complexity index is 902. The van der Waals surface area contributed by atoms with Crippen LogP contribution in [0.3, 0.4) is 0 Å². The molecule has 0 radical (unpaired) electrons. The van der Waals surface area contributed by atoms with E-state index in [4.69, 9.17) is 0 Å². The number of carbonyl (C=O) groups is 1. The van der Waals surface area contributed by atoms with Crippen molar-refractivity contribution in [2.24, 2.45) is 16.1 Å². The number of fused-ring (bicyclic) bond motifs is 1. The van der Waals surface area contributed by atoms with Gasteiger partial charge in [0.25, 0.3) is 0 Å². The molecule has 3 aliphatic heterocycles. The van der Waals surface area contributed by atoms with Gasteiger partial charge < -0.3 is 10.6 Å². The van der Waals surface area contributed by atoms with E-state index in [1.807, 2.05) is 13.8 Å². The van der Waals surface area contributed by atoms with E-state index in [9.17, 15) is 18.0 Å². The minimum absolute atomic E-state index is 0.00627. The minimum atomic E-state index is -4.46. The number of benzene rings is 1. The average Bonchev–Trinajstić information content (AvgIpc) is 3.11. The molecule has 0 fully saturated rings. The molecule has 0 bridgehead atoms. The van der Waals surface area contributed by atoms with Gasteiger partial charge in [-0.05, 0) is 18.1 Å². The Labute approximate surface area is 154 Å². The first-order chi connectivity index (χ1) is 12.8. The molecule has 0 spiro atoms. The Hall–Kier alpha value is -2.64. The molecule has 0 aliphatic carbocycles. The number of halogens is 3. The first-order valence-electron chi connectivity index (χ1n) is 8.86. The highest BCUT2D eigenvalue weighted by molar-refractivity contribution is 5.99. The molecule has 1 aromatic rings. The number of hydrogen-bond acceptors (Lipinski definition) is 4. The minimum Gasteiger partial charge on any atom is -0.361 e. The lowest BCUT2D eigenvalue weighted by Crippen LogP contribution is -2.55. The van der Waals surface area contributed by atoms with Crippen LogP contribution < -0.4 is 10.6 Å². The maximum atomic E-state index is 13.3. The molecule has 0 saturated carbocycles. The Kier molecular flexibility index (Phi) is 3.90. The van der Waals surface area contributed by atoms with Crippen LogP contribution in [0.1, 0.15) is 31.4 Å². The second kappa shape index (κ2) is 5.94. The van der Waals surface area contributed by atoms with Gasteiger partial charge in [0.05, 0.1) is 22.8 Å². The van der Waals surface area contributed by atoms with Gasteiger partial charge in [-0.25, -0.2) is 0 Å². The van der Waals surface area contributed by atoms with Gasteiger partial charge >= 0.3 is 6.18 Å². The molecule has 0 aromatic heterocycles. The number of azo groups is 1. The van der Waals surface area contributed by atoms with Crippen molar-refractivity contribution < 1.29 is 18.0 Å². The standard InChI is InChI=1S/C19H19F3N4O/c1-3-18(11-5-4-6-12(7-11)19(20,21)22)13-9-24-26-16(13)25-15-10(2)8-23-17(27)14(15)18/h4-7,9-10,16,25H,3,8H2,1-2H3,(H,23,27)/t10-,16?,18+/m0/s1. The number of alkyl halides is 3. The number of amides is 1. The van der Waals surface area contributed by atoms with Gasteiger partial charge in [-0.2, -0.15) is 23.4 Å². The van der Waals surface area contributed by atoms with E-state index in [2.05, 4.69) is 20.9 Å². The summed E-state index contributed by atoms with van der Waals surface area (Å²) in [5.41, 5.74) is 0.601. The van der Waals surface area contributed by atoms with E-state index in [1.54, 1.807) is 12.3 Å². The normalized spacial score (nSPS) is 29.7. The lowest BCUT2D eigenvalue weighted by molar-refractivity contribution is -0.137. The molecule has 142 valence electrons. The molecule has 2 N–H and O–H groups in total. The molecule has 4 rings (SSSR count). The van der Waals surface area contributed by atoms with Crippen molar-refractivity contribution in [2.45, 2.75) is 38.0 Å². The SMILES string of the molecule is CC[C@@]1(c2cccc(C(F)(F)F)c2)C2=CN=NC2NC2=C1C(=O)NC[C@@H]2C. The molecular formula is C19H19F3N4O. The van der Waals surface area contributed by atoms with E-state index >= 15 is 0 Å². The highest BCUT2D eigenvalue weighted by Crippen LogP contribution is 2.51. The van der Waals surface area contributed by atoms with Gasteiger partial charge in [0.15, 0.2) is 6.17 Å². The second-order valence-corrected chi connectivity index (χ2v) is 7.10. The third kappa shape index (κ3) is 2.49. The monoisotopic (exact) mass is 376 g/mol. The van der Waals surface area contributed by atoms with E-state index < -0.39 is 23.3 Å². The van der Waals surface area contributed by atoms with Gasteiger partial charge in [-0.3, -0.25) is 4.79 Å². The smallest absolute Gasteiger partial charge is 0.361 e. The molecule has 0 saturated heterocycles. The molecular weight excluding hydrogens is 357 g/mol. The van der Waals surface area contributed by atoms with Crippen molar-refractivity contribution in [1.29, 1.82) is 0 Å². The summed E-state index contributed by atoms with van der Waals surface area (Å²) in [5, 5.41) is 14.3. The summed E-state index contributed by atoms with van der Waals surface area (Å²) in [6.45, 7) is 4.31. The maximum Gasteiger partial charge on any atom is 0.416 e. The Morgan fingerprint density at radius 2 is 2.11 bits per heavy atom. The molecule has 5 nitrogen and oxygen atoms in total. The zero-order chi connectivity index (χ0) is 19.4. The van der Waals surface area contributed by atoms with Crippen LogP contribution in [0.4, 0.5) is 13.2 Å². The van der Waals surface area contributed by atoms with Gasteiger partial charge in [0.2, 0.25) is 5.91 Å². The quantitative estimate of drug-likeness (QED) is 0.827. The molecule has 3 atom stereocenters. The van der Waals surface area contributed by atoms with Crippen molar-refractivity contribution in [3.05, 3.63) is 58.4 Å². The topological polar surface area (TPSA) is 65.8 Å². The van der Waals surface area contributed by atoms with Gasteiger partial charge in [0.1, 0.15) is 0 Å². The van der Waals surface area contributed by atoms with Gasteiger partial charge in [0, 0.05) is 23.7 Å². The summed E-state index contributed by atoms with van der Waals surface area (Å²) in [6, 6.07) is 5.22. The number of nitrogens with one attached hydrogen (secondary N) is 2. The highest BCUT2D eigenvalue weighted by Gasteiger charge is 2.52. The first-order valence-corrected chi connectivity index (χ1v) is 8.86. The van der Waals surface area contributed by atoms with Gasteiger partial charge in [-0.1, -0.05) is 32.0 Å². The summed E-state index contributed by atoms with van der Waals surface area (Å²) in [7, 11) is 0. The zero-order valence-electron chi connectivity index (χ0n) is 14.9. The van der Waals surface area contributed by atoms with Crippen molar-refractivity contribution in [2.75, 3.05) is 6.54 Å². The largest absolute Gasteiger partial charge is 0.416 e. The summed E-state index contributed by atoms with van der Waals surface area (Å²) < 4.78 is 40.0. The fourth-order valence-corrected chi connectivity index (χ4v) is 4.34. The number of carbonyl (C=O) groups excluding carboxylic acids is 1. The molecule has 1 unspecified atom stereocenters. The summed E-state index contributed by atoms with van der Waals surface area (Å²) in [6.07, 6.45) is -2.94. The molecule has 1 amide bonds. The molecule has 27 heavy (non-hydrogen) atoms. The van der Waals surface area contributed by atoms with Crippen LogP contribution in [0.15, 0.2) is 57.5 Å². The number of nitrogens with zero attached hydrogens (tertiary/aromatic N) is 2. The molecule has 8 heteroatoms. The zero-order valence-corrected chi connectivity index (χ0v) is 14.9. The third-order valence-electron chi connectivity index (χ3n) is 5.66. The van der Waals surface area contributed by atoms with E-state index in [0.717, 1.165) is 17.8 Å². The van der Waals surface area contributed by atoms with Crippen molar-refractivity contribution in [3.63, 3.8) is 0 Å². The summed E-state index contributed by atoms with van der Waals surface area (Å²) in [4.78, 5) is 12.9. The Balaban J connectivity index is 2.01. The van der Waals surface area contributed by atoms with Crippen molar-refractivity contribution in [1.82, 2.24) is 10.6 Å². The predicted molar refractivity (Wildman–Crippen MR) is 92.5 cm³/mol. The maximum absolute atomic E-state index is 13.3. The Morgan fingerprint density at radius 3 is 2.81 bits per heavy atom. The summed E-state index contributed by atoms with van der Waals surface area (Å²) in [5.74, 6) is -0.257. The first kappa shape index (κ1) is 17.8. The van der Waals surface area contributed by atoms with E-state index in [-0.39, 0.29) is 11.8 Å². The van der Waals surface area contributed by atoms with Crippen molar-refractivity contribution in [3.8, 4) is 0 Å². The van der Waals surface area contributed by atoms with Crippen LogP contribution in [0.2, 0.25) is 0 Å². The lowest BCUT2D eigenvalue weighted by Gasteiger charge is -2.46. The van der Waals surface area contributed by atoms with Gasteiger partial charge in [-0.15, -0.1) is 0 Å². The van der Waals surface area contributed by atoms with E-state index in [1.165, 1.54) is 6.07 Å². The van der Waals surface area contributed by atoms with Crippen molar-refractivity contribution >= 4 is 5.91 Å². The fourth-order valence-electron chi connectivity index (χ4n) is 4.34. The third-order valence-corrected chi connectivity index (χ3v) is 5.66. The molecule has 3 aliphatic rings. The van der Waals surface area contributed by atoms with E-state index in [0.29, 0.717) is 29.7 Å². The molecule has 1 aromatic carbocycles. The average molecular weight is 376 g/mol. The number of rotatable bonds is 2. The van der Waals surface area contributed by atoms with Crippen LogP contribution in [0.5, 0.6) is 0 Å². The summed E-state index contributed by atoms with van der Waals surface area (Å²) >= 11 is 0. The number of hydrogen-bond donors (Lipinski definition) is 2. The van der Waals surface area contributed by atoms with Crippen LogP contribution in [0.25, 0.3) is 0 Å². The second-order valence-electron chi connectivity index (χ2n) is 7.10. The van der Waals surface area contributed by atoms with Crippen LogP contribution in [-0.4, -0.2) is 18.6 Å². The fraction of sp³-hybridized carbons (Fsp3) is 0.421. The van der Waals surface area contributed by atoms with Crippen LogP contribution in [0, 0.1) is 5.92 Å². The molecule has 3 heterocycles. The lowest BCUT2D eigenvalue weighted by atomic mass is 9.62. The predicted octanol–water partition coefficient (Wildman–Crippen LogP) is 3.65. The Morgan fingerprint density at radius 1 is 1.33 bits per heavy atom. The highest BCUT2D eigenvalue weighted by atomic mass is 19.4. The van der Waals surface area contributed by atoms with Crippen LogP contribution in [-0.2, 0) is 16.4 Å².